The molecular formula is C13H16F4O. The average molecular weight is 264 g/mol. The third-order valence-electron chi connectivity index (χ3n) is 3.26. The minimum Gasteiger partial charge on any atom is -0.376 e. The summed E-state index contributed by atoms with van der Waals surface area (Å²) in [5, 5.41) is 9.45. The van der Waals surface area contributed by atoms with Gasteiger partial charge in [-0.2, -0.15) is 13.2 Å². The van der Waals surface area contributed by atoms with E-state index in [1.165, 1.54) is 19.1 Å². The van der Waals surface area contributed by atoms with Crippen molar-refractivity contribution in [3.8, 4) is 0 Å². The van der Waals surface area contributed by atoms with Crippen molar-refractivity contribution in [2.24, 2.45) is 0 Å². The van der Waals surface area contributed by atoms with Crippen molar-refractivity contribution in [3.05, 3.63) is 35.4 Å². The van der Waals surface area contributed by atoms with Gasteiger partial charge in [0.05, 0.1) is 0 Å². The number of hydrogen-bond acceptors (Lipinski definition) is 1. The maximum Gasteiger partial charge on any atom is 0.421 e. The van der Waals surface area contributed by atoms with Gasteiger partial charge in [0, 0.05) is 0 Å². The summed E-state index contributed by atoms with van der Waals surface area (Å²) in [5.74, 6) is 0. The van der Waals surface area contributed by atoms with E-state index < -0.39 is 17.4 Å². The maximum atomic E-state index is 13.9. The average Bonchev–Trinajstić information content (AvgIpc) is 2.27. The summed E-state index contributed by atoms with van der Waals surface area (Å²) in [7, 11) is 0. The lowest BCUT2D eigenvalue weighted by Crippen LogP contribution is -2.39. The molecule has 2 unspecified atom stereocenters. The fourth-order valence-electron chi connectivity index (χ4n) is 1.51. The highest BCUT2D eigenvalue weighted by Crippen LogP contribution is 2.39. The normalized spacial score (nSPS) is 19.1. The summed E-state index contributed by atoms with van der Waals surface area (Å²) in [6.07, 6.45) is -4.54. The number of alkyl halides is 4. The van der Waals surface area contributed by atoms with Gasteiger partial charge in [-0.15, -0.1) is 0 Å². The van der Waals surface area contributed by atoms with Crippen molar-refractivity contribution in [1.29, 1.82) is 0 Å². The molecule has 1 nitrogen and oxygen atoms in total. The number of halogens is 4. The van der Waals surface area contributed by atoms with Crippen molar-refractivity contribution in [1.82, 2.24) is 0 Å². The quantitative estimate of drug-likeness (QED) is 0.816. The van der Waals surface area contributed by atoms with Crippen LogP contribution in [0.2, 0.25) is 0 Å². The predicted octanol–water partition coefficient (Wildman–Crippen LogP) is 4.05. The Bertz CT molecular complexity index is 404. The van der Waals surface area contributed by atoms with Crippen LogP contribution in [0.4, 0.5) is 17.6 Å². The topological polar surface area (TPSA) is 20.2 Å². The molecule has 1 aromatic carbocycles. The van der Waals surface area contributed by atoms with Gasteiger partial charge >= 0.3 is 6.18 Å². The molecule has 5 heteroatoms. The molecule has 2 atom stereocenters. The van der Waals surface area contributed by atoms with Gasteiger partial charge in [-0.25, -0.2) is 4.39 Å². The van der Waals surface area contributed by atoms with Crippen molar-refractivity contribution in [3.63, 3.8) is 0 Å². The van der Waals surface area contributed by atoms with E-state index in [1.54, 1.807) is 6.92 Å². The smallest absolute Gasteiger partial charge is 0.376 e. The standard InChI is InChI=1S/C13H16F4O/c1-4-11(2,14)9-5-7-10(8-6-9)12(3,18)13(15,16)17/h5-8,18H,4H2,1-3H3. The first-order valence-corrected chi connectivity index (χ1v) is 5.61. The van der Waals surface area contributed by atoms with E-state index >= 15 is 0 Å². The summed E-state index contributed by atoms with van der Waals surface area (Å²) < 4.78 is 51.7. The molecule has 0 saturated carbocycles. The molecule has 0 aliphatic carbocycles. The number of benzene rings is 1. The van der Waals surface area contributed by atoms with Gasteiger partial charge in [0.25, 0.3) is 0 Å². The van der Waals surface area contributed by atoms with Crippen LogP contribution in [0.15, 0.2) is 24.3 Å². The van der Waals surface area contributed by atoms with E-state index in [1.807, 2.05) is 0 Å². The first-order valence-electron chi connectivity index (χ1n) is 5.61. The largest absolute Gasteiger partial charge is 0.421 e. The number of rotatable bonds is 3. The zero-order valence-corrected chi connectivity index (χ0v) is 10.5. The fourth-order valence-corrected chi connectivity index (χ4v) is 1.51. The minimum absolute atomic E-state index is 0.224. The summed E-state index contributed by atoms with van der Waals surface area (Å²) in [4.78, 5) is 0. The van der Waals surface area contributed by atoms with Gasteiger partial charge in [0.15, 0.2) is 5.60 Å². The Hall–Kier alpha value is -1.10. The molecule has 0 spiro atoms. The summed E-state index contributed by atoms with van der Waals surface area (Å²) >= 11 is 0. The number of aliphatic hydroxyl groups is 1. The van der Waals surface area contributed by atoms with E-state index in [9.17, 15) is 22.7 Å². The fraction of sp³-hybridized carbons (Fsp3) is 0.538. The van der Waals surface area contributed by atoms with Gasteiger partial charge in [-0.05, 0) is 31.4 Å². The molecule has 0 amide bonds. The van der Waals surface area contributed by atoms with E-state index in [2.05, 4.69) is 0 Å². The molecule has 0 aliphatic heterocycles. The molecule has 0 fully saturated rings. The predicted molar refractivity (Wildman–Crippen MR) is 60.8 cm³/mol. The van der Waals surface area contributed by atoms with Crippen LogP contribution in [0.1, 0.15) is 38.3 Å². The second kappa shape index (κ2) is 4.53. The van der Waals surface area contributed by atoms with E-state index in [4.69, 9.17) is 0 Å². The molecular weight excluding hydrogens is 248 g/mol. The van der Waals surface area contributed by atoms with Crippen molar-refractivity contribution in [2.75, 3.05) is 0 Å². The lowest BCUT2D eigenvalue weighted by molar-refractivity contribution is -0.258. The van der Waals surface area contributed by atoms with Crippen LogP contribution < -0.4 is 0 Å². The van der Waals surface area contributed by atoms with Gasteiger partial charge in [-0.3, -0.25) is 0 Å². The summed E-state index contributed by atoms with van der Waals surface area (Å²) in [5.41, 5.74) is -4.51. The van der Waals surface area contributed by atoms with Crippen molar-refractivity contribution in [2.45, 2.75) is 44.6 Å². The molecule has 1 N–H and O–H groups in total. The Morgan fingerprint density at radius 2 is 1.33 bits per heavy atom. The maximum absolute atomic E-state index is 13.9. The molecule has 0 saturated heterocycles. The summed E-state index contributed by atoms with van der Waals surface area (Å²) in [6.45, 7) is 3.69. The van der Waals surface area contributed by atoms with E-state index in [0.717, 1.165) is 12.1 Å². The van der Waals surface area contributed by atoms with Crippen LogP contribution in [-0.2, 0) is 11.3 Å². The van der Waals surface area contributed by atoms with Crippen molar-refractivity contribution >= 4 is 0 Å². The second-order valence-corrected chi connectivity index (χ2v) is 4.70. The monoisotopic (exact) mass is 264 g/mol. The van der Waals surface area contributed by atoms with Crippen LogP contribution in [-0.4, -0.2) is 11.3 Å². The Kier molecular flexibility index (Phi) is 3.77. The van der Waals surface area contributed by atoms with Gasteiger partial charge in [0.1, 0.15) is 5.67 Å². The van der Waals surface area contributed by atoms with Crippen LogP contribution in [0.3, 0.4) is 0 Å². The molecule has 0 radical (unpaired) electrons. The van der Waals surface area contributed by atoms with Crippen LogP contribution in [0.5, 0.6) is 0 Å². The first-order chi connectivity index (χ1) is 8.02. The minimum atomic E-state index is -4.77. The SMILES string of the molecule is CCC(C)(F)c1ccc(C(C)(O)C(F)(F)F)cc1. The third-order valence-corrected chi connectivity index (χ3v) is 3.26. The molecule has 1 aromatic rings. The Morgan fingerprint density at radius 1 is 0.944 bits per heavy atom. The molecule has 0 aliphatic rings. The van der Waals surface area contributed by atoms with Crippen molar-refractivity contribution < 1.29 is 22.7 Å². The molecule has 0 heterocycles. The lowest BCUT2D eigenvalue weighted by atomic mass is 9.90. The second-order valence-electron chi connectivity index (χ2n) is 4.70. The Morgan fingerprint density at radius 3 is 1.67 bits per heavy atom. The Balaban J connectivity index is 3.11. The zero-order valence-electron chi connectivity index (χ0n) is 10.5. The zero-order chi connectivity index (χ0) is 14.2. The summed E-state index contributed by atoms with van der Waals surface area (Å²) in [6, 6.07) is 4.77. The van der Waals surface area contributed by atoms with Gasteiger partial charge < -0.3 is 5.11 Å². The van der Waals surface area contributed by atoms with E-state index in [-0.39, 0.29) is 12.0 Å². The molecule has 0 aromatic heterocycles. The molecule has 102 valence electrons. The number of hydrogen-bond donors (Lipinski definition) is 1. The third kappa shape index (κ3) is 2.66. The molecule has 0 bridgehead atoms. The van der Waals surface area contributed by atoms with Crippen LogP contribution >= 0.6 is 0 Å². The van der Waals surface area contributed by atoms with Crippen LogP contribution in [0.25, 0.3) is 0 Å². The molecule has 18 heavy (non-hydrogen) atoms. The molecule has 1 rings (SSSR count). The lowest BCUT2D eigenvalue weighted by Gasteiger charge is -2.27. The Labute approximate surface area is 103 Å². The van der Waals surface area contributed by atoms with Crippen LogP contribution in [0, 0.1) is 0 Å². The highest BCUT2D eigenvalue weighted by molar-refractivity contribution is 5.30. The van der Waals surface area contributed by atoms with E-state index in [0.29, 0.717) is 12.5 Å². The van der Waals surface area contributed by atoms with Gasteiger partial charge in [0.2, 0.25) is 0 Å². The highest BCUT2D eigenvalue weighted by atomic mass is 19.4. The highest BCUT2D eigenvalue weighted by Gasteiger charge is 2.51. The van der Waals surface area contributed by atoms with Gasteiger partial charge in [-0.1, -0.05) is 31.2 Å². The first kappa shape index (κ1) is 15.0.